The Bertz CT molecular complexity index is 451. The lowest BCUT2D eigenvalue weighted by molar-refractivity contribution is -0.0163. The molecule has 2 saturated carbocycles. The van der Waals surface area contributed by atoms with Crippen LogP contribution in [0.1, 0.15) is 62.9 Å². The predicted octanol–water partition coefficient (Wildman–Crippen LogP) is 3.20. The summed E-state index contributed by atoms with van der Waals surface area (Å²) in [6.07, 6.45) is 7.04. The fraction of sp³-hybridized carbons (Fsp3) is 0.733. The summed E-state index contributed by atoms with van der Waals surface area (Å²) in [6.45, 7) is 2.99. The van der Waals surface area contributed by atoms with Crippen LogP contribution in [0.15, 0.2) is 6.07 Å². The Morgan fingerprint density at radius 1 is 1.32 bits per heavy atom. The van der Waals surface area contributed by atoms with Gasteiger partial charge in [-0.1, -0.05) is 0 Å². The van der Waals surface area contributed by atoms with Crippen molar-refractivity contribution in [3.63, 3.8) is 0 Å². The van der Waals surface area contributed by atoms with Crippen molar-refractivity contribution < 1.29 is 4.74 Å². The van der Waals surface area contributed by atoms with E-state index < -0.39 is 0 Å². The fourth-order valence-corrected chi connectivity index (χ4v) is 2.99. The molecular formula is C15H23N3O. The van der Waals surface area contributed by atoms with Crippen LogP contribution >= 0.6 is 0 Å². The lowest BCUT2D eigenvalue weighted by Crippen LogP contribution is -2.28. The highest BCUT2D eigenvalue weighted by Crippen LogP contribution is 2.43. The van der Waals surface area contributed by atoms with Crippen molar-refractivity contribution in [2.75, 3.05) is 19.0 Å². The first-order valence-electron chi connectivity index (χ1n) is 7.46. The van der Waals surface area contributed by atoms with E-state index in [0.29, 0.717) is 5.92 Å². The zero-order valence-electron chi connectivity index (χ0n) is 11.9. The van der Waals surface area contributed by atoms with Crippen molar-refractivity contribution >= 4 is 5.82 Å². The lowest BCUT2D eigenvalue weighted by Gasteiger charge is -2.26. The third-order valence-corrected chi connectivity index (χ3v) is 4.31. The van der Waals surface area contributed by atoms with Crippen LogP contribution < -0.4 is 5.32 Å². The van der Waals surface area contributed by atoms with Gasteiger partial charge >= 0.3 is 0 Å². The maximum absolute atomic E-state index is 5.82. The van der Waals surface area contributed by atoms with Crippen LogP contribution in [0.4, 0.5) is 5.82 Å². The maximum atomic E-state index is 5.82. The summed E-state index contributed by atoms with van der Waals surface area (Å²) in [5.41, 5.74) is 0.957. The first-order valence-corrected chi connectivity index (χ1v) is 7.46. The van der Waals surface area contributed by atoms with E-state index in [0.717, 1.165) is 31.0 Å². The topological polar surface area (TPSA) is 47.0 Å². The number of hydrogen-bond donors (Lipinski definition) is 1. The summed E-state index contributed by atoms with van der Waals surface area (Å²) in [5.74, 6) is 2.50. The summed E-state index contributed by atoms with van der Waals surface area (Å²) in [5, 5.41) is 3.33. The number of anilines is 1. The highest BCUT2D eigenvalue weighted by Gasteiger charge is 2.39. The first-order chi connectivity index (χ1) is 9.27. The van der Waals surface area contributed by atoms with Crippen LogP contribution in [-0.2, 0) is 10.3 Å². The van der Waals surface area contributed by atoms with Gasteiger partial charge in [0.1, 0.15) is 11.4 Å². The molecule has 0 aromatic carbocycles. The van der Waals surface area contributed by atoms with Crippen LogP contribution in [-0.4, -0.2) is 23.6 Å². The summed E-state index contributed by atoms with van der Waals surface area (Å²) in [7, 11) is 1.80. The van der Waals surface area contributed by atoms with Crippen molar-refractivity contribution in [3.05, 3.63) is 17.6 Å². The van der Waals surface area contributed by atoms with E-state index in [9.17, 15) is 0 Å². The Morgan fingerprint density at radius 2 is 2.05 bits per heavy atom. The molecule has 0 aliphatic heterocycles. The zero-order valence-corrected chi connectivity index (χ0v) is 11.9. The Kier molecular flexibility index (Phi) is 3.44. The highest BCUT2D eigenvalue weighted by molar-refractivity contribution is 5.39. The van der Waals surface area contributed by atoms with Crippen molar-refractivity contribution in [2.45, 2.75) is 57.0 Å². The Balaban J connectivity index is 1.98. The second kappa shape index (κ2) is 5.08. The normalized spacial score (nSPS) is 21.6. The van der Waals surface area contributed by atoms with Crippen molar-refractivity contribution in [1.29, 1.82) is 0 Å². The average molecular weight is 261 g/mol. The third kappa shape index (κ3) is 2.46. The SMILES string of the molecule is CCNc1cc(C2CC2)nc(C2(OC)CCCC2)n1. The van der Waals surface area contributed by atoms with E-state index in [1.807, 2.05) is 0 Å². The number of ether oxygens (including phenoxy) is 1. The van der Waals surface area contributed by atoms with E-state index in [2.05, 4.69) is 18.3 Å². The van der Waals surface area contributed by atoms with Gasteiger partial charge in [-0.3, -0.25) is 0 Å². The fourth-order valence-electron chi connectivity index (χ4n) is 2.99. The molecule has 0 amide bonds. The third-order valence-electron chi connectivity index (χ3n) is 4.31. The molecule has 1 aromatic heterocycles. The van der Waals surface area contributed by atoms with Crippen LogP contribution in [0.2, 0.25) is 0 Å². The number of nitrogens with one attached hydrogen (secondary N) is 1. The van der Waals surface area contributed by atoms with Gasteiger partial charge in [-0.2, -0.15) is 0 Å². The molecule has 2 aliphatic rings. The van der Waals surface area contributed by atoms with Crippen molar-refractivity contribution in [2.24, 2.45) is 0 Å². The van der Waals surface area contributed by atoms with Gasteiger partial charge in [-0.25, -0.2) is 9.97 Å². The van der Waals surface area contributed by atoms with E-state index in [1.165, 1.54) is 31.4 Å². The van der Waals surface area contributed by atoms with Gasteiger partial charge in [0.2, 0.25) is 0 Å². The Hall–Kier alpha value is -1.16. The molecule has 4 nitrogen and oxygen atoms in total. The second-order valence-corrected chi connectivity index (χ2v) is 5.71. The van der Waals surface area contributed by atoms with E-state index in [1.54, 1.807) is 7.11 Å². The minimum absolute atomic E-state index is 0.241. The Labute approximate surface area is 115 Å². The lowest BCUT2D eigenvalue weighted by atomic mass is 10.0. The average Bonchev–Trinajstić information content (AvgIpc) is 3.17. The van der Waals surface area contributed by atoms with Crippen LogP contribution in [0.25, 0.3) is 0 Å². The summed E-state index contributed by atoms with van der Waals surface area (Å²) in [4.78, 5) is 9.54. The highest BCUT2D eigenvalue weighted by atomic mass is 16.5. The van der Waals surface area contributed by atoms with Gasteiger partial charge in [0, 0.05) is 31.3 Å². The molecule has 2 fully saturated rings. The van der Waals surface area contributed by atoms with E-state index in [4.69, 9.17) is 14.7 Å². The molecule has 4 heteroatoms. The predicted molar refractivity (Wildman–Crippen MR) is 75.3 cm³/mol. The van der Waals surface area contributed by atoms with Crippen LogP contribution in [0, 0.1) is 0 Å². The molecule has 1 heterocycles. The van der Waals surface area contributed by atoms with Gasteiger partial charge < -0.3 is 10.1 Å². The molecule has 2 aliphatic carbocycles. The second-order valence-electron chi connectivity index (χ2n) is 5.71. The van der Waals surface area contributed by atoms with Gasteiger partial charge in [-0.05, 0) is 45.4 Å². The van der Waals surface area contributed by atoms with Crippen molar-refractivity contribution in [1.82, 2.24) is 9.97 Å². The van der Waals surface area contributed by atoms with Crippen LogP contribution in [0.5, 0.6) is 0 Å². The molecule has 0 saturated heterocycles. The molecule has 1 N–H and O–H groups in total. The number of methoxy groups -OCH3 is 1. The van der Waals surface area contributed by atoms with E-state index in [-0.39, 0.29) is 5.60 Å². The maximum Gasteiger partial charge on any atom is 0.162 e. The molecule has 0 bridgehead atoms. The summed E-state index contributed by atoms with van der Waals surface area (Å²) >= 11 is 0. The number of nitrogens with zero attached hydrogens (tertiary/aromatic N) is 2. The summed E-state index contributed by atoms with van der Waals surface area (Å²) in [6, 6.07) is 2.11. The largest absolute Gasteiger partial charge is 0.370 e. The first kappa shape index (κ1) is 12.9. The standard InChI is InChI=1S/C15H23N3O/c1-3-16-13-10-12(11-6-7-11)17-14(18-13)15(19-2)8-4-5-9-15/h10-11H,3-9H2,1-2H3,(H,16,17,18). The van der Waals surface area contributed by atoms with Gasteiger partial charge in [0.15, 0.2) is 5.82 Å². The molecular weight excluding hydrogens is 238 g/mol. The zero-order chi connectivity index (χ0) is 13.3. The molecule has 0 radical (unpaired) electrons. The molecule has 0 unspecified atom stereocenters. The monoisotopic (exact) mass is 261 g/mol. The van der Waals surface area contributed by atoms with Gasteiger partial charge in [0.05, 0.1) is 0 Å². The molecule has 19 heavy (non-hydrogen) atoms. The molecule has 104 valence electrons. The van der Waals surface area contributed by atoms with Crippen LogP contribution in [0.3, 0.4) is 0 Å². The number of rotatable bonds is 5. The minimum Gasteiger partial charge on any atom is -0.370 e. The molecule has 0 spiro atoms. The Morgan fingerprint density at radius 3 is 2.63 bits per heavy atom. The van der Waals surface area contributed by atoms with Gasteiger partial charge in [0.25, 0.3) is 0 Å². The quantitative estimate of drug-likeness (QED) is 0.884. The number of hydrogen-bond acceptors (Lipinski definition) is 4. The number of aromatic nitrogens is 2. The summed E-state index contributed by atoms with van der Waals surface area (Å²) < 4.78 is 5.82. The van der Waals surface area contributed by atoms with E-state index >= 15 is 0 Å². The van der Waals surface area contributed by atoms with Crippen molar-refractivity contribution in [3.8, 4) is 0 Å². The minimum atomic E-state index is -0.241. The molecule has 1 aromatic rings. The molecule has 3 rings (SSSR count). The molecule has 0 atom stereocenters. The smallest absolute Gasteiger partial charge is 0.162 e. The van der Waals surface area contributed by atoms with Gasteiger partial charge in [-0.15, -0.1) is 0 Å².